The second-order valence-corrected chi connectivity index (χ2v) is 7.20. The van der Waals surface area contributed by atoms with Gasteiger partial charge in [0, 0.05) is 41.8 Å². The van der Waals surface area contributed by atoms with E-state index in [4.69, 9.17) is 0 Å². The molecule has 6 nitrogen and oxygen atoms in total. The molecule has 0 unspecified atom stereocenters. The van der Waals surface area contributed by atoms with Crippen LogP contribution >= 0.6 is 11.8 Å². The maximum Gasteiger partial charge on any atom is 0.283 e. The zero-order valence-corrected chi connectivity index (χ0v) is 15.5. The quantitative estimate of drug-likeness (QED) is 0.361. The van der Waals surface area contributed by atoms with E-state index < -0.39 is 0 Å². The fourth-order valence-electron chi connectivity index (χ4n) is 3.07. The number of anilines is 1. The van der Waals surface area contributed by atoms with Crippen molar-refractivity contribution in [2.24, 2.45) is 0 Å². The van der Waals surface area contributed by atoms with Gasteiger partial charge in [0.05, 0.1) is 21.9 Å². The summed E-state index contributed by atoms with van der Waals surface area (Å²) in [5, 5.41) is 15.6. The Labute approximate surface area is 160 Å². The van der Waals surface area contributed by atoms with Crippen molar-refractivity contribution in [2.75, 3.05) is 12.4 Å². The average Bonchev–Trinajstić information content (AvgIpc) is 3.29. The summed E-state index contributed by atoms with van der Waals surface area (Å²) in [7, 11) is 1.90. The molecular weight excluding hydrogens is 360 g/mol. The lowest BCUT2D eigenvalue weighted by molar-refractivity contribution is -0.387. The molecule has 0 spiro atoms. The van der Waals surface area contributed by atoms with Crippen LogP contribution in [0.5, 0.6) is 0 Å². The van der Waals surface area contributed by atoms with Gasteiger partial charge >= 0.3 is 0 Å². The Kier molecular flexibility index (Phi) is 4.60. The van der Waals surface area contributed by atoms with E-state index in [-0.39, 0.29) is 10.6 Å². The predicted octanol–water partition coefficient (Wildman–Crippen LogP) is 5.12. The largest absolute Gasteiger partial charge is 0.388 e. The number of fused-ring (bicyclic) bond motifs is 1. The number of hydrogen-bond acceptors (Lipinski definition) is 4. The molecule has 2 N–H and O–H groups in total. The Morgan fingerprint density at radius 2 is 2.00 bits per heavy atom. The Morgan fingerprint density at radius 3 is 2.81 bits per heavy atom. The van der Waals surface area contributed by atoms with E-state index in [1.165, 1.54) is 23.2 Å². The Hall–Kier alpha value is -3.19. The number of rotatable bonds is 6. The summed E-state index contributed by atoms with van der Waals surface area (Å²) in [4.78, 5) is 15.8. The summed E-state index contributed by atoms with van der Waals surface area (Å²) < 4.78 is 2.17. The normalized spacial score (nSPS) is 11.0. The monoisotopic (exact) mass is 378 g/mol. The molecule has 0 saturated carbocycles. The summed E-state index contributed by atoms with van der Waals surface area (Å²) in [6, 6.07) is 17.1. The van der Waals surface area contributed by atoms with Crippen molar-refractivity contribution in [1.82, 2.24) is 9.55 Å². The van der Waals surface area contributed by atoms with Gasteiger partial charge in [-0.25, -0.2) is 0 Å². The molecule has 0 aliphatic carbocycles. The average molecular weight is 378 g/mol. The highest BCUT2D eigenvalue weighted by atomic mass is 32.2. The Balaban J connectivity index is 1.65. The van der Waals surface area contributed by atoms with Crippen molar-refractivity contribution < 1.29 is 4.92 Å². The molecule has 4 aromatic rings. The molecule has 136 valence electrons. The number of aromatic amines is 1. The zero-order chi connectivity index (χ0) is 18.8. The summed E-state index contributed by atoms with van der Waals surface area (Å²) in [6.45, 7) is 0.659. The second kappa shape index (κ2) is 7.20. The fourth-order valence-corrected chi connectivity index (χ4v) is 4.08. The number of nitro groups is 1. The summed E-state index contributed by atoms with van der Waals surface area (Å²) in [5.74, 6) is 0. The lowest BCUT2D eigenvalue weighted by Crippen LogP contribution is -2.00. The van der Waals surface area contributed by atoms with Crippen LogP contribution in [-0.4, -0.2) is 21.5 Å². The van der Waals surface area contributed by atoms with Crippen molar-refractivity contribution in [3.8, 4) is 0 Å². The number of nitrogens with one attached hydrogen (secondary N) is 2. The molecule has 0 atom stereocenters. The van der Waals surface area contributed by atoms with Gasteiger partial charge in [0.1, 0.15) is 0 Å². The van der Waals surface area contributed by atoms with E-state index in [0.29, 0.717) is 11.4 Å². The number of aromatic nitrogens is 2. The molecule has 2 heterocycles. The molecule has 0 radical (unpaired) electrons. The molecule has 0 fully saturated rings. The minimum atomic E-state index is -0.340. The topological polar surface area (TPSA) is 75.9 Å². The number of H-pyrrole nitrogens is 1. The van der Waals surface area contributed by atoms with Crippen LogP contribution in [-0.2, 0) is 6.54 Å². The Bertz CT molecular complexity index is 1120. The van der Waals surface area contributed by atoms with Crippen LogP contribution in [0.25, 0.3) is 10.9 Å². The summed E-state index contributed by atoms with van der Waals surface area (Å²) in [6.07, 6.45) is 3.93. The van der Waals surface area contributed by atoms with Gasteiger partial charge in [-0.1, -0.05) is 30.0 Å². The molecule has 0 aliphatic rings. The molecule has 27 heavy (non-hydrogen) atoms. The van der Waals surface area contributed by atoms with Crippen LogP contribution in [0.3, 0.4) is 0 Å². The van der Waals surface area contributed by atoms with E-state index >= 15 is 0 Å². The van der Waals surface area contributed by atoms with E-state index in [0.717, 1.165) is 21.8 Å². The fraction of sp³-hybridized carbons (Fsp3) is 0.100. The first-order valence-electron chi connectivity index (χ1n) is 8.50. The molecule has 2 aromatic heterocycles. The standard InChI is InChI=1S/C20H18N4O2S/c1-21-15-7-6-14-9-11-23(18(14)12-15)13-16-19(8-10-22-16)27-20-5-3-2-4-17(20)24(25)26/h2-12,21-22H,13H2,1H3. The lowest BCUT2D eigenvalue weighted by Gasteiger charge is -2.09. The number of nitro benzene ring substituents is 1. The van der Waals surface area contributed by atoms with E-state index in [1.807, 2.05) is 25.4 Å². The van der Waals surface area contributed by atoms with Crippen LogP contribution in [0.1, 0.15) is 5.69 Å². The van der Waals surface area contributed by atoms with Gasteiger partial charge in [0.2, 0.25) is 0 Å². The smallest absolute Gasteiger partial charge is 0.283 e. The SMILES string of the molecule is CNc1ccc2ccn(Cc3[nH]ccc3Sc3ccccc3[N+](=O)[O-])c2c1. The van der Waals surface area contributed by atoms with Crippen LogP contribution in [0, 0.1) is 10.1 Å². The van der Waals surface area contributed by atoms with Crippen LogP contribution in [0.4, 0.5) is 11.4 Å². The summed E-state index contributed by atoms with van der Waals surface area (Å²) in [5.41, 5.74) is 3.34. The summed E-state index contributed by atoms with van der Waals surface area (Å²) >= 11 is 1.41. The van der Waals surface area contributed by atoms with Gasteiger partial charge in [-0.2, -0.15) is 0 Å². The molecular formula is C20H18N4O2S. The molecule has 0 aliphatic heterocycles. The van der Waals surface area contributed by atoms with Crippen LogP contribution in [0.2, 0.25) is 0 Å². The van der Waals surface area contributed by atoms with Gasteiger partial charge in [0.15, 0.2) is 0 Å². The third kappa shape index (κ3) is 3.41. The molecule has 0 amide bonds. The van der Waals surface area contributed by atoms with Crippen molar-refractivity contribution in [2.45, 2.75) is 16.3 Å². The first-order valence-corrected chi connectivity index (χ1v) is 9.31. The van der Waals surface area contributed by atoms with Gasteiger partial charge in [-0.3, -0.25) is 10.1 Å². The van der Waals surface area contributed by atoms with Gasteiger partial charge < -0.3 is 14.9 Å². The predicted molar refractivity (Wildman–Crippen MR) is 109 cm³/mol. The van der Waals surface area contributed by atoms with Gasteiger partial charge in [0.25, 0.3) is 5.69 Å². The molecule has 7 heteroatoms. The van der Waals surface area contributed by atoms with E-state index in [9.17, 15) is 10.1 Å². The van der Waals surface area contributed by atoms with Crippen molar-refractivity contribution in [3.63, 3.8) is 0 Å². The van der Waals surface area contributed by atoms with Crippen molar-refractivity contribution in [1.29, 1.82) is 0 Å². The van der Waals surface area contributed by atoms with Crippen LogP contribution in [0.15, 0.2) is 76.8 Å². The minimum Gasteiger partial charge on any atom is -0.388 e. The first kappa shape index (κ1) is 17.2. The number of hydrogen-bond donors (Lipinski definition) is 2. The number of para-hydroxylation sites is 1. The highest BCUT2D eigenvalue weighted by molar-refractivity contribution is 7.99. The maximum atomic E-state index is 11.3. The molecule has 2 aromatic carbocycles. The minimum absolute atomic E-state index is 0.125. The van der Waals surface area contributed by atoms with Gasteiger partial charge in [-0.15, -0.1) is 0 Å². The Morgan fingerprint density at radius 1 is 1.15 bits per heavy atom. The number of benzene rings is 2. The third-order valence-electron chi connectivity index (χ3n) is 4.46. The van der Waals surface area contributed by atoms with E-state index in [2.05, 4.69) is 45.3 Å². The van der Waals surface area contributed by atoms with Crippen LogP contribution < -0.4 is 5.32 Å². The highest BCUT2D eigenvalue weighted by Crippen LogP contribution is 2.36. The molecule has 0 bridgehead atoms. The first-order chi connectivity index (χ1) is 13.2. The lowest BCUT2D eigenvalue weighted by atomic mass is 10.2. The molecule has 4 rings (SSSR count). The third-order valence-corrected chi connectivity index (χ3v) is 5.63. The zero-order valence-electron chi connectivity index (χ0n) is 14.7. The van der Waals surface area contributed by atoms with Crippen molar-refractivity contribution >= 4 is 34.0 Å². The van der Waals surface area contributed by atoms with E-state index in [1.54, 1.807) is 12.1 Å². The van der Waals surface area contributed by atoms with Gasteiger partial charge in [-0.05, 0) is 35.7 Å². The second-order valence-electron chi connectivity index (χ2n) is 6.11. The highest BCUT2D eigenvalue weighted by Gasteiger charge is 2.16. The maximum absolute atomic E-state index is 11.3. The number of nitrogens with zero attached hydrogens (tertiary/aromatic N) is 2. The van der Waals surface area contributed by atoms with Crippen molar-refractivity contribution in [3.05, 3.63) is 82.8 Å². The molecule has 0 saturated heterocycles.